The Bertz CT molecular complexity index is 406. The molecule has 1 aromatic heterocycles. The minimum absolute atomic E-state index is 0.346. The van der Waals surface area contributed by atoms with Crippen LogP contribution in [0, 0.1) is 17.2 Å². The van der Waals surface area contributed by atoms with Crippen molar-refractivity contribution in [2.75, 3.05) is 13.2 Å². The third kappa shape index (κ3) is 5.39. The average Bonchev–Trinajstić information content (AvgIpc) is 2.75. The topological polar surface area (TPSA) is 63.7 Å². The highest BCUT2D eigenvalue weighted by molar-refractivity contribution is 5.14. The fraction of sp³-hybridized carbons (Fsp3) is 0.786. The van der Waals surface area contributed by atoms with Crippen LogP contribution in [0.4, 0.5) is 0 Å². The highest BCUT2D eigenvalue weighted by Gasteiger charge is 2.12. The summed E-state index contributed by atoms with van der Waals surface area (Å²) in [5, 5.41) is 17.1. The molecule has 0 saturated carbocycles. The fourth-order valence-electron chi connectivity index (χ4n) is 1.92. The molecule has 0 unspecified atom stereocenters. The number of hydrogen-bond acceptors (Lipinski definition) is 4. The van der Waals surface area contributed by atoms with Gasteiger partial charge < -0.3 is 4.74 Å². The molecule has 19 heavy (non-hydrogen) atoms. The molecule has 0 N–H and O–H groups in total. The molecule has 0 aliphatic rings. The van der Waals surface area contributed by atoms with Gasteiger partial charge >= 0.3 is 0 Å². The van der Waals surface area contributed by atoms with E-state index >= 15 is 0 Å². The summed E-state index contributed by atoms with van der Waals surface area (Å²) in [5.41, 5.74) is 1.95. The first-order valence-corrected chi connectivity index (χ1v) is 7.05. The molecule has 0 spiro atoms. The summed E-state index contributed by atoms with van der Waals surface area (Å²) in [6.07, 6.45) is 3.31. The molecule has 106 valence electrons. The highest BCUT2D eigenvalue weighted by atomic mass is 16.5. The standard InChI is InChI=1S/C14H24N4O/c1-4-19-11-5-10-18-14(7-6-12(2)3)13(8-9-15)16-17-18/h12H,4-8,10-11H2,1-3H3. The fourth-order valence-corrected chi connectivity index (χ4v) is 1.92. The molecule has 0 bridgehead atoms. The molecule has 0 atom stereocenters. The zero-order valence-corrected chi connectivity index (χ0v) is 12.2. The van der Waals surface area contributed by atoms with Gasteiger partial charge in [-0.15, -0.1) is 5.10 Å². The maximum Gasteiger partial charge on any atom is 0.0999 e. The van der Waals surface area contributed by atoms with Crippen LogP contribution in [0.5, 0.6) is 0 Å². The van der Waals surface area contributed by atoms with Gasteiger partial charge in [-0.2, -0.15) is 5.26 Å². The number of hydrogen-bond donors (Lipinski definition) is 0. The van der Waals surface area contributed by atoms with Gasteiger partial charge in [0.15, 0.2) is 0 Å². The lowest BCUT2D eigenvalue weighted by atomic mass is 10.0. The number of aryl methyl sites for hydroxylation is 1. The van der Waals surface area contributed by atoms with Crippen molar-refractivity contribution >= 4 is 0 Å². The number of nitriles is 1. The van der Waals surface area contributed by atoms with E-state index in [4.69, 9.17) is 10.00 Å². The first-order valence-electron chi connectivity index (χ1n) is 7.05. The van der Waals surface area contributed by atoms with E-state index in [0.29, 0.717) is 12.3 Å². The Balaban J connectivity index is 2.65. The Morgan fingerprint density at radius 3 is 2.84 bits per heavy atom. The second-order valence-corrected chi connectivity index (χ2v) is 5.02. The summed E-state index contributed by atoms with van der Waals surface area (Å²) in [7, 11) is 0. The second kappa shape index (κ2) is 8.65. The molecule has 0 amide bonds. The molecule has 0 aliphatic carbocycles. The lowest BCUT2D eigenvalue weighted by molar-refractivity contribution is 0.140. The van der Waals surface area contributed by atoms with Crippen LogP contribution in [-0.4, -0.2) is 28.2 Å². The summed E-state index contributed by atoms with van der Waals surface area (Å²) >= 11 is 0. The zero-order chi connectivity index (χ0) is 14.1. The van der Waals surface area contributed by atoms with E-state index in [1.807, 2.05) is 11.6 Å². The van der Waals surface area contributed by atoms with Crippen LogP contribution in [0.15, 0.2) is 0 Å². The van der Waals surface area contributed by atoms with Gasteiger partial charge in [0.2, 0.25) is 0 Å². The van der Waals surface area contributed by atoms with Crippen molar-refractivity contribution in [3.8, 4) is 6.07 Å². The second-order valence-electron chi connectivity index (χ2n) is 5.02. The first kappa shape index (κ1) is 15.6. The van der Waals surface area contributed by atoms with Crippen molar-refractivity contribution in [1.82, 2.24) is 15.0 Å². The van der Waals surface area contributed by atoms with Crippen LogP contribution in [-0.2, 0) is 24.1 Å². The Hall–Kier alpha value is -1.41. The van der Waals surface area contributed by atoms with Gasteiger partial charge in [-0.25, -0.2) is 4.68 Å². The van der Waals surface area contributed by atoms with Gasteiger partial charge in [-0.05, 0) is 32.1 Å². The lowest BCUT2D eigenvalue weighted by Gasteiger charge is -2.09. The van der Waals surface area contributed by atoms with E-state index in [0.717, 1.165) is 50.4 Å². The largest absolute Gasteiger partial charge is 0.382 e. The Kier molecular flexibility index (Phi) is 7.12. The van der Waals surface area contributed by atoms with Crippen molar-refractivity contribution in [3.05, 3.63) is 11.4 Å². The predicted octanol–water partition coefficient (Wildman–Crippen LogP) is 2.36. The van der Waals surface area contributed by atoms with Crippen molar-refractivity contribution < 1.29 is 4.74 Å². The Morgan fingerprint density at radius 2 is 2.21 bits per heavy atom. The summed E-state index contributed by atoms with van der Waals surface area (Å²) in [6, 6.07) is 2.16. The Labute approximate surface area is 115 Å². The van der Waals surface area contributed by atoms with Crippen molar-refractivity contribution in [2.24, 2.45) is 5.92 Å². The smallest absolute Gasteiger partial charge is 0.0999 e. The van der Waals surface area contributed by atoms with Crippen molar-refractivity contribution in [2.45, 2.75) is 53.0 Å². The van der Waals surface area contributed by atoms with E-state index in [9.17, 15) is 0 Å². The molecule has 0 radical (unpaired) electrons. The van der Waals surface area contributed by atoms with Crippen LogP contribution in [0.3, 0.4) is 0 Å². The van der Waals surface area contributed by atoms with Crippen LogP contribution in [0.25, 0.3) is 0 Å². The van der Waals surface area contributed by atoms with E-state index in [2.05, 4.69) is 30.2 Å². The minimum atomic E-state index is 0.346. The van der Waals surface area contributed by atoms with Gasteiger partial charge in [0.05, 0.1) is 23.9 Å². The molecule has 0 aromatic carbocycles. The number of ether oxygens (including phenoxy) is 1. The molecule has 1 rings (SSSR count). The minimum Gasteiger partial charge on any atom is -0.382 e. The molecule has 1 aromatic rings. The predicted molar refractivity (Wildman–Crippen MR) is 73.6 cm³/mol. The molecule has 5 nitrogen and oxygen atoms in total. The van der Waals surface area contributed by atoms with E-state index < -0.39 is 0 Å². The van der Waals surface area contributed by atoms with Gasteiger partial charge in [0, 0.05) is 19.8 Å². The van der Waals surface area contributed by atoms with Gasteiger partial charge in [0.1, 0.15) is 0 Å². The van der Waals surface area contributed by atoms with Crippen molar-refractivity contribution in [1.29, 1.82) is 5.26 Å². The number of aromatic nitrogens is 3. The van der Waals surface area contributed by atoms with E-state index in [1.54, 1.807) is 0 Å². The van der Waals surface area contributed by atoms with Crippen LogP contribution < -0.4 is 0 Å². The SMILES string of the molecule is CCOCCCn1nnc(CC#N)c1CCC(C)C. The maximum atomic E-state index is 8.83. The normalized spacial score (nSPS) is 10.9. The monoisotopic (exact) mass is 264 g/mol. The third-order valence-corrected chi connectivity index (χ3v) is 2.99. The van der Waals surface area contributed by atoms with E-state index in [1.165, 1.54) is 0 Å². The van der Waals surface area contributed by atoms with Crippen molar-refractivity contribution in [3.63, 3.8) is 0 Å². The molecule has 0 saturated heterocycles. The summed E-state index contributed by atoms with van der Waals surface area (Å²) in [6.45, 7) is 8.70. The quantitative estimate of drug-likeness (QED) is 0.642. The van der Waals surface area contributed by atoms with E-state index in [-0.39, 0.29) is 0 Å². The molecule has 0 fully saturated rings. The first-order chi connectivity index (χ1) is 9.19. The number of rotatable bonds is 9. The third-order valence-electron chi connectivity index (χ3n) is 2.99. The average molecular weight is 264 g/mol. The van der Waals surface area contributed by atoms with Gasteiger partial charge in [-0.3, -0.25) is 0 Å². The molecular formula is C14H24N4O. The zero-order valence-electron chi connectivity index (χ0n) is 12.2. The maximum absolute atomic E-state index is 8.83. The highest BCUT2D eigenvalue weighted by Crippen LogP contribution is 2.13. The van der Waals surface area contributed by atoms with Crippen LogP contribution in [0.2, 0.25) is 0 Å². The summed E-state index contributed by atoms with van der Waals surface area (Å²) < 4.78 is 7.27. The Morgan fingerprint density at radius 1 is 1.42 bits per heavy atom. The lowest BCUT2D eigenvalue weighted by Crippen LogP contribution is -2.09. The summed E-state index contributed by atoms with van der Waals surface area (Å²) in [5.74, 6) is 0.640. The van der Waals surface area contributed by atoms with Gasteiger partial charge in [-0.1, -0.05) is 19.1 Å². The van der Waals surface area contributed by atoms with Crippen LogP contribution >= 0.6 is 0 Å². The molecule has 5 heteroatoms. The van der Waals surface area contributed by atoms with Gasteiger partial charge in [0.25, 0.3) is 0 Å². The molecule has 0 aliphatic heterocycles. The number of nitrogens with zero attached hydrogens (tertiary/aromatic N) is 4. The summed E-state index contributed by atoms with van der Waals surface area (Å²) in [4.78, 5) is 0. The van der Waals surface area contributed by atoms with Crippen LogP contribution in [0.1, 0.15) is 45.0 Å². The molecular weight excluding hydrogens is 240 g/mol. The molecule has 1 heterocycles.